The lowest BCUT2D eigenvalue weighted by molar-refractivity contribution is -0.139. The average molecular weight is 743 g/mol. The van der Waals surface area contributed by atoms with Gasteiger partial charge in [-0.2, -0.15) is 0 Å². The van der Waals surface area contributed by atoms with E-state index in [1.165, 1.54) is 80.3 Å². The van der Waals surface area contributed by atoms with Gasteiger partial charge in [-0.3, -0.25) is 38.2 Å². The summed E-state index contributed by atoms with van der Waals surface area (Å²) in [5.41, 5.74) is -2.23. The number of aromatic amines is 2. The zero-order valence-corrected chi connectivity index (χ0v) is 28.4. The van der Waals surface area contributed by atoms with E-state index in [1.54, 1.807) is 12.1 Å². The number of carbonyl (C=O) groups is 4. The summed E-state index contributed by atoms with van der Waals surface area (Å²) in [6, 6.07) is 11.0. The third-order valence-corrected chi connectivity index (χ3v) is 7.98. The van der Waals surface area contributed by atoms with Crippen molar-refractivity contribution >= 4 is 45.6 Å². The van der Waals surface area contributed by atoms with Gasteiger partial charge in [0.1, 0.15) is 33.4 Å². The second-order valence-corrected chi connectivity index (χ2v) is 11.3. The van der Waals surface area contributed by atoms with Gasteiger partial charge in [0.2, 0.25) is 22.7 Å². The van der Waals surface area contributed by atoms with Crippen molar-refractivity contribution in [2.45, 2.75) is 25.9 Å². The molecule has 0 unspecified atom stereocenters. The van der Waals surface area contributed by atoms with E-state index >= 15 is 0 Å². The Balaban J connectivity index is 0.000000167. The first-order valence-electron chi connectivity index (χ1n) is 15.8. The molecule has 54 heavy (non-hydrogen) atoms. The van der Waals surface area contributed by atoms with Gasteiger partial charge < -0.3 is 19.4 Å². The van der Waals surface area contributed by atoms with E-state index in [-0.39, 0.29) is 53.1 Å². The number of halogens is 2. The van der Waals surface area contributed by atoms with Crippen LogP contribution in [0.15, 0.2) is 92.5 Å². The molecule has 3 aromatic heterocycles. The number of carbonyl (C=O) groups excluding carboxylic acids is 4. The van der Waals surface area contributed by atoms with Crippen LogP contribution in [0.25, 0.3) is 21.8 Å². The minimum atomic E-state index is -0.828. The van der Waals surface area contributed by atoms with E-state index in [4.69, 9.17) is 0 Å². The highest BCUT2D eigenvalue weighted by Gasteiger charge is 2.28. The summed E-state index contributed by atoms with van der Waals surface area (Å²) in [6.07, 6.45) is 5.98. The Bertz CT molecular complexity index is 2490. The standard InChI is InChI=1S/C17H10FN3O4.C11H10FNO2.C8H8N2O4/c18-9-3-1-8(2-4-9)7-21-16(24)10-11(17(21)25)15(23)13-12(14(10)22)19-5-6-20-13;12-9-3-1-8(2-4-9)7-13-10(14)5-6-11(13)15;1-13-7(11)5-6(8(12)14-2)10-4-3-9-5/h1-6,19-20H,7H2;1-4H,5-7H2;3-4H,1-2H3. The van der Waals surface area contributed by atoms with Gasteiger partial charge in [-0.25, -0.2) is 28.3 Å². The predicted octanol–water partition coefficient (Wildman–Crippen LogP) is 2.04. The van der Waals surface area contributed by atoms with Crippen LogP contribution < -0.4 is 22.0 Å². The van der Waals surface area contributed by atoms with Crippen molar-refractivity contribution in [2.24, 2.45) is 0 Å². The molecule has 4 heterocycles. The highest BCUT2D eigenvalue weighted by Crippen LogP contribution is 2.16. The number of hydrogen-bond donors (Lipinski definition) is 2. The fraction of sp³-hybridized carbons (Fsp3) is 0.167. The molecule has 276 valence electrons. The quantitative estimate of drug-likeness (QED) is 0.185. The van der Waals surface area contributed by atoms with Gasteiger partial charge in [-0.05, 0) is 35.4 Å². The van der Waals surface area contributed by atoms with Crippen LogP contribution in [-0.2, 0) is 32.2 Å². The molecular formula is C36H28F2N6O10. The third kappa shape index (κ3) is 7.96. The Morgan fingerprint density at radius 3 is 1.43 bits per heavy atom. The summed E-state index contributed by atoms with van der Waals surface area (Å²) in [5.74, 6) is -2.52. The van der Waals surface area contributed by atoms with Crippen molar-refractivity contribution in [3.05, 3.63) is 149 Å². The van der Waals surface area contributed by atoms with Crippen LogP contribution in [0.2, 0.25) is 0 Å². The number of likely N-dealkylation sites (tertiary alicyclic amines) is 1. The molecule has 0 saturated carbocycles. The number of esters is 2. The summed E-state index contributed by atoms with van der Waals surface area (Å²) < 4.78 is 35.3. The summed E-state index contributed by atoms with van der Waals surface area (Å²) >= 11 is 0. The van der Waals surface area contributed by atoms with Gasteiger partial charge in [0, 0.05) is 37.6 Å². The number of nitrogens with zero attached hydrogens (tertiary/aromatic N) is 4. The monoisotopic (exact) mass is 742 g/mol. The van der Waals surface area contributed by atoms with E-state index < -0.39 is 50.5 Å². The van der Waals surface area contributed by atoms with E-state index in [0.717, 1.165) is 10.1 Å². The van der Waals surface area contributed by atoms with Crippen LogP contribution in [0.5, 0.6) is 0 Å². The molecule has 3 aromatic carbocycles. The van der Waals surface area contributed by atoms with Crippen molar-refractivity contribution in [3.8, 4) is 0 Å². The SMILES string of the molecule is COC(=O)c1nccnc1C(=O)OC.O=C1CCC(=O)N1Cc1ccc(F)cc1.O=c1c2[nH]cc[nH]c2c(=O)c2c(=O)n(Cc3ccc(F)cc3)c(=O)c12. The number of methoxy groups -OCH3 is 2. The fourth-order valence-electron chi connectivity index (χ4n) is 5.32. The lowest BCUT2D eigenvalue weighted by Crippen LogP contribution is -2.28. The molecule has 16 nitrogen and oxygen atoms in total. The topological polar surface area (TPSA) is 221 Å². The molecule has 7 rings (SSSR count). The summed E-state index contributed by atoms with van der Waals surface area (Å²) in [6.45, 7) is 0.0905. The van der Waals surface area contributed by atoms with Crippen LogP contribution in [-0.4, -0.2) is 67.4 Å². The number of fused-ring (bicyclic) bond motifs is 2. The second-order valence-electron chi connectivity index (χ2n) is 11.3. The Labute approximate surface area is 301 Å². The maximum atomic E-state index is 13.0. The lowest BCUT2D eigenvalue weighted by Gasteiger charge is -2.13. The molecule has 2 amide bonds. The van der Waals surface area contributed by atoms with Gasteiger partial charge in [-0.15, -0.1) is 0 Å². The molecule has 0 radical (unpaired) electrons. The minimum absolute atomic E-state index is 0.0592. The molecule has 1 saturated heterocycles. The molecule has 0 spiro atoms. The van der Waals surface area contributed by atoms with E-state index in [9.17, 15) is 47.1 Å². The number of H-pyrrole nitrogens is 2. The first-order chi connectivity index (χ1) is 25.9. The van der Waals surface area contributed by atoms with Gasteiger partial charge in [-0.1, -0.05) is 24.3 Å². The van der Waals surface area contributed by atoms with Gasteiger partial charge in [0.25, 0.3) is 11.1 Å². The lowest BCUT2D eigenvalue weighted by atomic mass is 10.1. The Morgan fingerprint density at radius 2 is 1.04 bits per heavy atom. The Morgan fingerprint density at radius 1 is 0.648 bits per heavy atom. The van der Waals surface area contributed by atoms with Crippen molar-refractivity contribution in [2.75, 3.05) is 14.2 Å². The van der Waals surface area contributed by atoms with Crippen molar-refractivity contribution in [1.29, 1.82) is 0 Å². The number of benzene rings is 3. The van der Waals surface area contributed by atoms with Crippen molar-refractivity contribution in [3.63, 3.8) is 0 Å². The minimum Gasteiger partial charge on any atom is -0.464 e. The number of ether oxygens (including phenoxy) is 2. The van der Waals surface area contributed by atoms with E-state index in [1.807, 2.05) is 0 Å². The first-order valence-corrected chi connectivity index (χ1v) is 15.8. The molecule has 1 aliphatic rings. The average Bonchev–Trinajstić information content (AvgIpc) is 3.64. The number of hydrogen-bond acceptors (Lipinski definition) is 12. The number of nitrogens with one attached hydrogen (secondary N) is 2. The van der Waals surface area contributed by atoms with Gasteiger partial charge in [0.05, 0.1) is 27.3 Å². The van der Waals surface area contributed by atoms with Crippen molar-refractivity contribution < 1.29 is 37.4 Å². The second kappa shape index (κ2) is 16.4. The fourth-order valence-corrected chi connectivity index (χ4v) is 5.32. The highest BCUT2D eigenvalue weighted by molar-refractivity contribution is 6.02. The molecular weight excluding hydrogens is 714 g/mol. The van der Waals surface area contributed by atoms with E-state index in [2.05, 4.69) is 29.4 Å². The van der Waals surface area contributed by atoms with E-state index in [0.29, 0.717) is 18.4 Å². The molecule has 2 N–H and O–H groups in total. The summed E-state index contributed by atoms with van der Waals surface area (Å²) in [7, 11) is 2.39. The van der Waals surface area contributed by atoms with Crippen LogP contribution in [0.4, 0.5) is 8.78 Å². The van der Waals surface area contributed by atoms with Gasteiger partial charge >= 0.3 is 11.9 Å². The molecule has 0 aliphatic carbocycles. The smallest absolute Gasteiger partial charge is 0.359 e. The number of imide groups is 1. The Kier molecular flexibility index (Phi) is 11.5. The van der Waals surface area contributed by atoms with Crippen LogP contribution >= 0.6 is 0 Å². The molecule has 18 heteroatoms. The number of amides is 2. The normalized spacial score (nSPS) is 12.2. The summed E-state index contributed by atoms with van der Waals surface area (Å²) in [4.78, 5) is 109. The first kappa shape index (κ1) is 38.0. The number of rotatable bonds is 6. The largest absolute Gasteiger partial charge is 0.464 e. The highest BCUT2D eigenvalue weighted by atomic mass is 19.1. The van der Waals surface area contributed by atoms with Crippen LogP contribution in [0, 0.1) is 11.6 Å². The Hall–Kier alpha value is -7.24. The number of aromatic nitrogens is 5. The zero-order valence-electron chi connectivity index (χ0n) is 28.4. The van der Waals surface area contributed by atoms with Gasteiger partial charge in [0.15, 0.2) is 11.4 Å². The van der Waals surface area contributed by atoms with Crippen LogP contribution in [0.3, 0.4) is 0 Å². The molecule has 1 fully saturated rings. The molecule has 0 atom stereocenters. The molecule has 0 bridgehead atoms. The zero-order chi connectivity index (χ0) is 39.1. The summed E-state index contributed by atoms with van der Waals surface area (Å²) in [5, 5.41) is -0.860. The predicted molar refractivity (Wildman–Crippen MR) is 186 cm³/mol. The molecule has 6 aromatic rings. The van der Waals surface area contributed by atoms with Crippen molar-refractivity contribution in [1.82, 2.24) is 29.4 Å². The maximum absolute atomic E-state index is 13.0. The van der Waals surface area contributed by atoms with Crippen LogP contribution in [0.1, 0.15) is 44.9 Å². The third-order valence-electron chi connectivity index (χ3n) is 7.98. The molecule has 1 aliphatic heterocycles. The maximum Gasteiger partial charge on any atom is 0.359 e.